The maximum atomic E-state index is 12.7. The van der Waals surface area contributed by atoms with Gasteiger partial charge in [0.1, 0.15) is 5.82 Å². The van der Waals surface area contributed by atoms with Crippen molar-refractivity contribution in [1.82, 2.24) is 9.55 Å². The van der Waals surface area contributed by atoms with Crippen LogP contribution in [0.4, 0.5) is 0 Å². The molecule has 0 aliphatic rings. The van der Waals surface area contributed by atoms with Crippen LogP contribution in [0.5, 0.6) is 0 Å². The fourth-order valence-corrected chi connectivity index (χ4v) is 2.43. The molecule has 0 atom stereocenters. The number of hydrogen-bond acceptors (Lipinski definition) is 2. The lowest BCUT2D eigenvalue weighted by Gasteiger charge is -2.08. The molecule has 1 aromatic heterocycles. The van der Waals surface area contributed by atoms with Crippen LogP contribution in [0.25, 0.3) is 23.2 Å². The zero-order valence-corrected chi connectivity index (χ0v) is 12.8. The van der Waals surface area contributed by atoms with Crippen LogP contribution in [0, 0.1) is 6.92 Å². The average Bonchev–Trinajstić information content (AvgIpc) is 2.55. The molecule has 0 radical (unpaired) electrons. The van der Waals surface area contributed by atoms with Gasteiger partial charge in [0.25, 0.3) is 5.56 Å². The van der Waals surface area contributed by atoms with E-state index >= 15 is 0 Å². The second kappa shape index (κ2) is 5.98. The summed E-state index contributed by atoms with van der Waals surface area (Å²) in [4.78, 5) is 17.2. The summed E-state index contributed by atoms with van der Waals surface area (Å²) >= 11 is 0. The molecule has 0 bridgehead atoms. The molecule has 0 unspecified atom stereocenters. The predicted molar refractivity (Wildman–Crippen MR) is 91.8 cm³/mol. The van der Waals surface area contributed by atoms with Crippen LogP contribution >= 0.6 is 0 Å². The van der Waals surface area contributed by atoms with Crippen molar-refractivity contribution in [3.63, 3.8) is 0 Å². The van der Waals surface area contributed by atoms with Gasteiger partial charge >= 0.3 is 0 Å². The van der Waals surface area contributed by atoms with Gasteiger partial charge in [-0.1, -0.05) is 48.9 Å². The minimum atomic E-state index is -0.0224. The van der Waals surface area contributed by atoms with Crippen LogP contribution in [0.3, 0.4) is 0 Å². The van der Waals surface area contributed by atoms with Gasteiger partial charge in [0.05, 0.1) is 10.9 Å². The fraction of sp³-hybridized carbons (Fsp3) is 0.158. The van der Waals surface area contributed by atoms with Crippen molar-refractivity contribution in [2.75, 3.05) is 0 Å². The molecule has 0 fully saturated rings. The Bertz CT molecular complexity index is 889. The topological polar surface area (TPSA) is 34.9 Å². The van der Waals surface area contributed by atoms with Gasteiger partial charge in [-0.3, -0.25) is 9.36 Å². The number of hydrogen-bond donors (Lipinski definition) is 0. The lowest BCUT2D eigenvalue weighted by atomic mass is 10.1. The van der Waals surface area contributed by atoms with Crippen molar-refractivity contribution in [1.29, 1.82) is 0 Å². The monoisotopic (exact) mass is 290 g/mol. The molecule has 0 aliphatic carbocycles. The highest BCUT2D eigenvalue weighted by atomic mass is 16.1. The summed E-state index contributed by atoms with van der Waals surface area (Å²) in [5.41, 5.74) is 3.01. The second-order valence-electron chi connectivity index (χ2n) is 5.30. The van der Waals surface area contributed by atoms with E-state index in [1.54, 1.807) is 4.57 Å². The highest BCUT2D eigenvalue weighted by molar-refractivity contribution is 5.78. The highest BCUT2D eigenvalue weighted by Crippen LogP contribution is 2.10. The Labute approximate surface area is 129 Å². The van der Waals surface area contributed by atoms with Gasteiger partial charge in [-0.25, -0.2) is 4.98 Å². The fourth-order valence-electron chi connectivity index (χ4n) is 2.43. The molecule has 1 heterocycles. The molecule has 0 saturated carbocycles. The Morgan fingerprint density at radius 2 is 1.82 bits per heavy atom. The van der Waals surface area contributed by atoms with Crippen LogP contribution in [-0.2, 0) is 6.42 Å². The van der Waals surface area contributed by atoms with E-state index in [1.807, 2.05) is 55.6 Å². The van der Waals surface area contributed by atoms with Gasteiger partial charge in [0, 0.05) is 12.6 Å². The van der Waals surface area contributed by atoms with Crippen molar-refractivity contribution in [3.8, 4) is 0 Å². The molecule has 3 nitrogen and oxygen atoms in total. The Kier molecular flexibility index (Phi) is 3.88. The molecule has 22 heavy (non-hydrogen) atoms. The van der Waals surface area contributed by atoms with E-state index in [1.165, 1.54) is 5.56 Å². The van der Waals surface area contributed by atoms with Crippen LogP contribution in [0.1, 0.15) is 23.9 Å². The lowest BCUT2D eigenvalue weighted by Crippen LogP contribution is -2.21. The Balaban J connectivity index is 2.11. The van der Waals surface area contributed by atoms with Crippen molar-refractivity contribution in [2.45, 2.75) is 20.3 Å². The number of aryl methyl sites for hydroxylation is 2. The summed E-state index contributed by atoms with van der Waals surface area (Å²) in [6, 6.07) is 15.7. The van der Waals surface area contributed by atoms with Gasteiger partial charge < -0.3 is 0 Å². The minimum absolute atomic E-state index is 0.0224. The number of rotatable bonds is 3. The Morgan fingerprint density at radius 1 is 1.09 bits per heavy atom. The molecule has 110 valence electrons. The first-order chi connectivity index (χ1) is 10.7. The first-order valence-corrected chi connectivity index (χ1v) is 7.44. The molecule has 2 aromatic carbocycles. The first-order valence-electron chi connectivity index (χ1n) is 7.44. The standard InChI is InChI=1S/C19H18N2O/c1-3-18-20-17-7-5-4-6-16(17)19(22)21(18)13-12-15-10-8-14(2)9-11-15/h4-13H,3H2,1-2H3/b13-12+. The molecular formula is C19H18N2O. The summed E-state index contributed by atoms with van der Waals surface area (Å²) in [6.07, 6.45) is 4.46. The maximum absolute atomic E-state index is 12.7. The van der Waals surface area contributed by atoms with Crippen LogP contribution < -0.4 is 5.56 Å². The van der Waals surface area contributed by atoms with Crippen LogP contribution in [0.15, 0.2) is 53.3 Å². The second-order valence-corrected chi connectivity index (χ2v) is 5.30. The third kappa shape index (κ3) is 2.70. The van der Waals surface area contributed by atoms with Gasteiger partial charge in [0.2, 0.25) is 0 Å². The van der Waals surface area contributed by atoms with Crippen molar-refractivity contribution < 1.29 is 0 Å². The SMILES string of the molecule is CCc1nc2ccccc2c(=O)n1/C=C/c1ccc(C)cc1. The van der Waals surface area contributed by atoms with Crippen molar-refractivity contribution in [3.05, 3.63) is 75.8 Å². The number of benzene rings is 2. The number of para-hydroxylation sites is 1. The molecule has 3 rings (SSSR count). The van der Waals surface area contributed by atoms with Crippen LogP contribution in [0.2, 0.25) is 0 Å². The normalized spacial score (nSPS) is 11.4. The molecule has 3 aromatic rings. The van der Waals surface area contributed by atoms with Gasteiger partial charge in [-0.15, -0.1) is 0 Å². The lowest BCUT2D eigenvalue weighted by molar-refractivity contribution is 0.867. The summed E-state index contributed by atoms with van der Waals surface area (Å²) in [6.45, 7) is 4.06. The molecule has 0 saturated heterocycles. The number of fused-ring (bicyclic) bond motifs is 1. The Hall–Kier alpha value is -2.68. The summed E-state index contributed by atoms with van der Waals surface area (Å²) < 4.78 is 1.64. The largest absolute Gasteiger partial charge is 0.271 e. The molecule has 0 aliphatic heterocycles. The zero-order chi connectivity index (χ0) is 15.5. The summed E-state index contributed by atoms with van der Waals surface area (Å²) in [7, 11) is 0. The highest BCUT2D eigenvalue weighted by Gasteiger charge is 2.07. The van der Waals surface area contributed by atoms with Crippen molar-refractivity contribution in [2.24, 2.45) is 0 Å². The van der Waals surface area contributed by atoms with E-state index in [4.69, 9.17) is 0 Å². The van der Waals surface area contributed by atoms with E-state index in [-0.39, 0.29) is 5.56 Å². The van der Waals surface area contributed by atoms with Gasteiger partial charge in [0.15, 0.2) is 0 Å². The first kappa shape index (κ1) is 14.3. The smallest absolute Gasteiger partial charge is 0.265 e. The van der Waals surface area contributed by atoms with E-state index in [0.29, 0.717) is 11.8 Å². The summed E-state index contributed by atoms with van der Waals surface area (Å²) in [5.74, 6) is 0.770. The zero-order valence-electron chi connectivity index (χ0n) is 12.8. The van der Waals surface area contributed by atoms with E-state index in [0.717, 1.165) is 16.9 Å². The third-order valence-corrected chi connectivity index (χ3v) is 3.69. The number of aromatic nitrogens is 2. The summed E-state index contributed by atoms with van der Waals surface area (Å²) in [5, 5.41) is 0.647. The average molecular weight is 290 g/mol. The van der Waals surface area contributed by atoms with E-state index in [2.05, 4.69) is 24.0 Å². The molecular weight excluding hydrogens is 272 g/mol. The van der Waals surface area contributed by atoms with Crippen molar-refractivity contribution >= 4 is 23.2 Å². The minimum Gasteiger partial charge on any atom is -0.271 e. The molecule has 0 spiro atoms. The van der Waals surface area contributed by atoms with E-state index in [9.17, 15) is 4.79 Å². The quantitative estimate of drug-likeness (QED) is 0.733. The predicted octanol–water partition coefficient (Wildman–Crippen LogP) is 3.90. The number of nitrogens with zero attached hydrogens (tertiary/aromatic N) is 2. The Morgan fingerprint density at radius 3 is 2.55 bits per heavy atom. The van der Waals surface area contributed by atoms with Gasteiger partial charge in [-0.05, 0) is 30.7 Å². The van der Waals surface area contributed by atoms with Gasteiger partial charge in [-0.2, -0.15) is 0 Å². The molecule has 0 amide bonds. The third-order valence-electron chi connectivity index (χ3n) is 3.69. The van der Waals surface area contributed by atoms with E-state index < -0.39 is 0 Å². The van der Waals surface area contributed by atoms with Crippen LogP contribution in [-0.4, -0.2) is 9.55 Å². The molecule has 3 heteroatoms. The maximum Gasteiger partial charge on any atom is 0.265 e. The molecule has 0 N–H and O–H groups in total.